The van der Waals surface area contributed by atoms with Crippen LogP contribution < -0.4 is 0 Å². The fourth-order valence-corrected chi connectivity index (χ4v) is 1.22. The molecule has 0 spiro atoms. The maximum atomic E-state index is 10.6. The minimum Gasteiger partial charge on any atom is -0.478 e. The van der Waals surface area contributed by atoms with Gasteiger partial charge in [0.05, 0.1) is 5.57 Å². The largest absolute Gasteiger partial charge is 0.478 e. The van der Waals surface area contributed by atoms with E-state index >= 15 is 0 Å². The van der Waals surface area contributed by atoms with Crippen LogP contribution in [0.5, 0.6) is 0 Å². The van der Waals surface area contributed by atoms with Crippen molar-refractivity contribution in [2.45, 2.75) is 13.2 Å². The van der Waals surface area contributed by atoms with Gasteiger partial charge in [0.15, 0.2) is 6.29 Å². The Labute approximate surface area is 81.5 Å². The van der Waals surface area contributed by atoms with Crippen molar-refractivity contribution >= 4 is 5.97 Å². The number of hydrogen-bond acceptors (Lipinski definition) is 3. The summed E-state index contributed by atoms with van der Waals surface area (Å²) in [4.78, 5) is 10.6. The van der Waals surface area contributed by atoms with Gasteiger partial charge >= 0.3 is 5.97 Å². The van der Waals surface area contributed by atoms with Gasteiger partial charge in [-0.15, -0.1) is 0 Å². The second kappa shape index (κ2) is 4.21. The Hall–Kier alpha value is -1.39. The number of rotatable bonds is 2. The fourth-order valence-electron chi connectivity index (χ4n) is 1.22. The number of carboxylic acid groups (broad SMARTS) is 1. The van der Waals surface area contributed by atoms with E-state index in [0.717, 1.165) is 0 Å². The van der Waals surface area contributed by atoms with Crippen LogP contribution in [0, 0.1) is 5.92 Å². The third kappa shape index (κ3) is 2.31. The summed E-state index contributed by atoms with van der Waals surface area (Å²) in [5.41, 5.74) is 0.519. The maximum absolute atomic E-state index is 10.6. The number of aliphatic hydroxyl groups excluding tert-OH is 1. The van der Waals surface area contributed by atoms with E-state index < -0.39 is 12.3 Å². The van der Waals surface area contributed by atoms with Crippen LogP contribution in [0.15, 0.2) is 35.5 Å². The zero-order valence-electron chi connectivity index (χ0n) is 7.71. The first-order chi connectivity index (χ1) is 6.52. The Morgan fingerprint density at radius 1 is 1.43 bits per heavy atom. The highest BCUT2D eigenvalue weighted by Crippen LogP contribution is 2.19. The number of carbonyl (C=O) groups is 1. The minimum atomic E-state index is -1.54. The third-order valence-corrected chi connectivity index (χ3v) is 2.09. The molecular weight excluding hydrogens is 184 g/mol. The monoisotopic (exact) mass is 196 g/mol. The molecule has 14 heavy (non-hydrogen) atoms. The summed E-state index contributed by atoms with van der Waals surface area (Å²) in [6.07, 6.45) is 4.33. The highest BCUT2D eigenvalue weighted by atomic mass is 16.5. The molecule has 1 aliphatic rings. The van der Waals surface area contributed by atoms with E-state index in [4.69, 9.17) is 15.3 Å². The van der Waals surface area contributed by atoms with Crippen molar-refractivity contribution in [3.63, 3.8) is 0 Å². The Kier molecular flexibility index (Phi) is 3.22. The van der Waals surface area contributed by atoms with Crippen molar-refractivity contribution in [2.24, 2.45) is 5.92 Å². The van der Waals surface area contributed by atoms with E-state index in [1.807, 2.05) is 0 Å². The molecule has 4 nitrogen and oxygen atoms in total. The summed E-state index contributed by atoms with van der Waals surface area (Å²) >= 11 is 0. The van der Waals surface area contributed by atoms with E-state index in [1.54, 1.807) is 13.0 Å². The molecule has 0 aromatic rings. The van der Waals surface area contributed by atoms with Gasteiger partial charge in [-0.25, -0.2) is 4.79 Å². The molecule has 0 saturated heterocycles. The lowest BCUT2D eigenvalue weighted by Crippen LogP contribution is -2.13. The van der Waals surface area contributed by atoms with Crippen LogP contribution in [0.25, 0.3) is 0 Å². The van der Waals surface area contributed by atoms with Crippen LogP contribution >= 0.6 is 0 Å². The quantitative estimate of drug-likeness (QED) is 0.560. The summed E-state index contributed by atoms with van der Waals surface area (Å²) in [5, 5.41) is 26.6. The number of aliphatic hydroxyl groups is 2. The number of hydrogen-bond donors (Lipinski definition) is 3. The Morgan fingerprint density at radius 3 is 2.57 bits per heavy atom. The lowest BCUT2D eigenvalue weighted by molar-refractivity contribution is -0.132. The summed E-state index contributed by atoms with van der Waals surface area (Å²) in [6, 6.07) is 0. The summed E-state index contributed by atoms with van der Waals surface area (Å²) in [6.45, 7) is 1.76. The molecule has 0 aliphatic heterocycles. The first-order valence-electron chi connectivity index (χ1n) is 4.21. The molecule has 0 fully saturated rings. The number of allylic oxidation sites excluding steroid dienone is 3. The minimum absolute atomic E-state index is 0.132. The summed E-state index contributed by atoms with van der Waals surface area (Å²) in [5.74, 6) is -1.21. The molecule has 0 saturated carbocycles. The van der Waals surface area contributed by atoms with E-state index in [2.05, 4.69) is 0 Å². The van der Waals surface area contributed by atoms with E-state index in [-0.39, 0.29) is 11.5 Å². The first-order valence-corrected chi connectivity index (χ1v) is 4.21. The van der Waals surface area contributed by atoms with Gasteiger partial charge in [0, 0.05) is 5.92 Å². The maximum Gasteiger partial charge on any atom is 0.335 e. The van der Waals surface area contributed by atoms with Crippen LogP contribution in [0.1, 0.15) is 6.92 Å². The molecule has 1 unspecified atom stereocenters. The van der Waals surface area contributed by atoms with Crippen molar-refractivity contribution < 1.29 is 20.1 Å². The molecule has 0 amide bonds. The van der Waals surface area contributed by atoms with Crippen LogP contribution in [-0.4, -0.2) is 27.6 Å². The molecule has 1 aliphatic carbocycles. The Bertz CT molecular complexity index is 323. The van der Waals surface area contributed by atoms with Gasteiger partial charge in [0.25, 0.3) is 0 Å². The molecule has 0 aromatic heterocycles. The van der Waals surface area contributed by atoms with E-state index in [9.17, 15) is 4.79 Å². The lowest BCUT2D eigenvalue weighted by Gasteiger charge is -2.12. The van der Waals surface area contributed by atoms with Crippen LogP contribution in [0.3, 0.4) is 0 Å². The van der Waals surface area contributed by atoms with Gasteiger partial charge < -0.3 is 15.3 Å². The average molecular weight is 196 g/mol. The molecule has 76 valence electrons. The topological polar surface area (TPSA) is 77.8 Å². The molecule has 0 heterocycles. The average Bonchev–Trinajstić information content (AvgIpc) is 2.26. The fraction of sp³-hybridized carbons (Fsp3) is 0.300. The third-order valence-electron chi connectivity index (χ3n) is 2.09. The molecular formula is C10H12O4. The second-order valence-electron chi connectivity index (χ2n) is 3.12. The van der Waals surface area contributed by atoms with Crippen molar-refractivity contribution in [3.8, 4) is 0 Å². The van der Waals surface area contributed by atoms with Gasteiger partial charge in [-0.3, -0.25) is 0 Å². The first kappa shape index (κ1) is 10.7. The molecule has 1 rings (SSSR count). The van der Waals surface area contributed by atoms with E-state index in [0.29, 0.717) is 5.57 Å². The Balaban J connectivity index is 3.01. The summed E-state index contributed by atoms with van der Waals surface area (Å²) < 4.78 is 0. The molecule has 0 radical (unpaired) electrons. The highest BCUT2D eigenvalue weighted by molar-refractivity contribution is 5.90. The van der Waals surface area contributed by atoms with E-state index in [1.165, 1.54) is 18.2 Å². The molecule has 1 atom stereocenters. The van der Waals surface area contributed by atoms with Gasteiger partial charge in [0.2, 0.25) is 0 Å². The van der Waals surface area contributed by atoms with Crippen molar-refractivity contribution in [1.82, 2.24) is 0 Å². The number of aliphatic carboxylic acids is 1. The highest BCUT2D eigenvalue weighted by Gasteiger charge is 2.15. The predicted octanol–water partition coefficient (Wildman–Crippen LogP) is 0.440. The normalized spacial score (nSPS) is 21.6. The SMILES string of the molecule is CC1C=CC(C(=O)O)=CC=C1C(O)O. The zero-order valence-corrected chi connectivity index (χ0v) is 7.71. The lowest BCUT2D eigenvalue weighted by atomic mass is 10.0. The van der Waals surface area contributed by atoms with Gasteiger partial charge in [-0.05, 0) is 11.6 Å². The van der Waals surface area contributed by atoms with Crippen LogP contribution in [0.4, 0.5) is 0 Å². The van der Waals surface area contributed by atoms with Crippen LogP contribution in [-0.2, 0) is 4.79 Å². The smallest absolute Gasteiger partial charge is 0.335 e. The van der Waals surface area contributed by atoms with Crippen molar-refractivity contribution in [3.05, 3.63) is 35.5 Å². The summed E-state index contributed by atoms with van der Waals surface area (Å²) in [7, 11) is 0. The predicted molar refractivity (Wildman–Crippen MR) is 50.3 cm³/mol. The molecule has 4 heteroatoms. The van der Waals surface area contributed by atoms with Crippen molar-refractivity contribution in [1.29, 1.82) is 0 Å². The van der Waals surface area contributed by atoms with Crippen LogP contribution in [0.2, 0.25) is 0 Å². The molecule has 3 N–H and O–H groups in total. The van der Waals surface area contributed by atoms with Crippen molar-refractivity contribution in [2.75, 3.05) is 0 Å². The second-order valence-corrected chi connectivity index (χ2v) is 3.12. The Morgan fingerprint density at radius 2 is 2.07 bits per heavy atom. The number of carboxylic acids is 1. The van der Waals surface area contributed by atoms with Gasteiger partial charge in [-0.2, -0.15) is 0 Å². The molecule has 0 aromatic carbocycles. The molecule has 0 bridgehead atoms. The zero-order chi connectivity index (χ0) is 10.7. The van der Waals surface area contributed by atoms with Gasteiger partial charge in [0.1, 0.15) is 0 Å². The van der Waals surface area contributed by atoms with Gasteiger partial charge in [-0.1, -0.05) is 25.2 Å². The standard InChI is InChI=1S/C10H12O4/c1-6-2-3-7(9(11)12)4-5-8(6)10(13)14/h2-6,10,13-14H,1H3,(H,11,12).